The molecule has 0 aliphatic carbocycles. The number of rotatable bonds is 3. The zero-order valence-corrected chi connectivity index (χ0v) is 12.8. The number of alkyl halides is 3. The number of anilines is 1. The molecule has 0 fully saturated rings. The van der Waals surface area contributed by atoms with E-state index in [0.717, 1.165) is 17.7 Å². The summed E-state index contributed by atoms with van der Waals surface area (Å²) in [4.78, 5) is 0. The van der Waals surface area contributed by atoms with Crippen LogP contribution >= 0.6 is 23.8 Å². The van der Waals surface area contributed by atoms with Crippen LogP contribution in [0.15, 0.2) is 48.5 Å². The molecule has 0 aliphatic rings. The third-order valence-electron chi connectivity index (χ3n) is 2.84. The minimum atomic E-state index is -4.43. The molecule has 0 aliphatic heterocycles. The van der Waals surface area contributed by atoms with Crippen molar-refractivity contribution in [2.24, 2.45) is 0 Å². The summed E-state index contributed by atoms with van der Waals surface area (Å²) in [6.07, 6.45) is -4.43. The van der Waals surface area contributed by atoms with Crippen molar-refractivity contribution in [3.63, 3.8) is 0 Å². The molecule has 0 saturated carbocycles. The highest BCUT2D eigenvalue weighted by molar-refractivity contribution is 7.80. The molecule has 116 valence electrons. The second-order valence-electron chi connectivity index (χ2n) is 4.49. The normalized spacial score (nSPS) is 11.1. The van der Waals surface area contributed by atoms with E-state index in [4.69, 9.17) is 23.8 Å². The lowest BCUT2D eigenvalue weighted by Crippen LogP contribution is -2.28. The molecule has 0 radical (unpaired) electrons. The van der Waals surface area contributed by atoms with Crippen molar-refractivity contribution < 1.29 is 13.2 Å². The summed E-state index contributed by atoms with van der Waals surface area (Å²) in [5, 5.41) is 5.96. The van der Waals surface area contributed by atoms with Gasteiger partial charge in [0.15, 0.2) is 5.11 Å². The number of hydrogen-bond acceptors (Lipinski definition) is 1. The first-order valence-electron chi connectivity index (χ1n) is 6.32. The number of nitrogens with one attached hydrogen (secondary N) is 2. The van der Waals surface area contributed by atoms with Gasteiger partial charge >= 0.3 is 6.18 Å². The van der Waals surface area contributed by atoms with E-state index in [9.17, 15) is 13.2 Å². The van der Waals surface area contributed by atoms with Crippen molar-refractivity contribution in [2.75, 3.05) is 5.32 Å². The van der Waals surface area contributed by atoms with Crippen molar-refractivity contribution in [1.29, 1.82) is 0 Å². The molecule has 0 unspecified atom stereocenters. The monoisotopic (exact) mass is 344 g/mol. The molecule has 0 aromatic heterocycles. The summed E-state index contributed by atoms with van der Waals surface area (Å²) in [6, 6.07) is 12.5. The fourth-order valence-corrected chi connectivity index (χ4v) is 2.09. The fourth-order valence-electron chi connectivity index (χ4n) is 1.74. The molecule has 0 amide bonds. The number of benzene rings is 2. The van der Waals surface area contributed by atoms with Crippen LogP contribution in [0.1, 0.15) is 11.1 Å². The molecule has 0 saturated heterocycles. The molecule has 2 aromatic carbocycles. The van der Waals surface area contributed by atoms with E-state index in [-0.39, 0.29) is 15.8 Å². The summed E-state index contributed by atoms with van der Waals surface area (Å²) in [6.45, 7) is 0.462. The Kier molecular flexibility index (Phi) is 5.26. The van der Waals surface area contributed by atoms with E-state index in [0.29, 0.717) is 6.54 Å². The van der Waals surface area contributed by atoms with Crippen LogP contribution in [0.2, 0.25) is 5.02 Å². The lowest BCUT2D eigenvalue weighted by atomic mass is 10.2. The number of halogens is 4. The minimum Gasteiger partial charge on any atom is -0.358 e. The van der Waals surface area contributed by atoms with Crippen LogP contribution in [-0.4, -0.2) is 5.11 Å². The molecule has 0 spiro atoms. The van der Waals surface area contributed by atoms with E-state index in [2.05, 4.69) is 10.6 Å². The molecule has 0 heterocycles. The van der Waals surface area contributed by atoms with Gasteiger partial charge in [0.25, 0.3) is 0 Å². The van der Waals surface area contributed by atoms with Crippen LogP contribution in [-0.2, 0) is 12.7 Å². The van der Waals surface area contributed by atoms with Gasteiger partial charge in [-0.2, -0.15) is 13.2 Å². The minimum absolute atomic E-state index is 0.113. The third kappa shape index (κ3) is 4.61. The number of hydrogen-bond donors (Lipinski definition) is 2. The van der Waals surface area contributed by atoms with Crippen LogP contribution in [0, 0.1) is 0 Å². The van der Waals surface area contributed by atoms with Crippen LogP contribution in [0.25, 0.3) is 0 Å². The second-order valence-corrected chi connectivity index (χ2v) is 5.30. The van der Waals surface area contributed by atoms with Gasteiger partial charge in [-0.15, -0.1) is 0 Å². The van der Waals surface area contributed by atoms with Gasteiger partial charge in [0.1, 0.15) is 0 Å². The van der Waals surface area contributed by atoms with Crippen molar-refractivity contribution in [3.05, 3.63) is 64.7 Å². The van der Waals surface area contributed by atoms with Gasteiger partial charge in [-0.05, 0) is 36.0 Å². The van der Waals surface area contributed by atoms with E-state index in [1.165, 1.54) is 6.07 Å². The predicted octanol–water partition coefficient (Wildman–Crippen LogP) is 4.85. The molecule has 22 heavy (non-hydrogen) atoms. The zero-order valence-electron chi connectivity index (χ0n) is 11.2. The quantitative estimate of drug-likeness (QED) is 0.779. The maximum Gasteiger partial charge on any atom is 0.416 e. The average molecular weight is 345 g/mol. The Bertz CT molecular complexity index is 660. The molecular formula is C15H12ClF3N2S. The van der Waals surface area contributed by atoms with Crippen LogP contribution in [0.3, 0.4) is 0 Å². The lowest BCUT2D eigenvalue weighted by molar-refractivity contribution is -0.137. The van der Waals surface area contributed by atoms with E-state index in [1.807, 2.05) is 30.3 Å². The third-order valence-corrected chi connectivity index (χ3v) is 3.41. The standard InChI is InChI=1S/C15H12ClF3N2S/c16-12-7-6-11(15(17,18)19)8-13(12)21-14(22)20-9-10-4-2-1-3-5-10/h1-8H,9H2,(H2,20,21,22). The Hall–Kier alpha value is -1.79. The van der Waals surface area contributed by atoms with Crippen LogP contribution in [0.5, 0.6) is 0 Å². The first kappa shape index (κ1) is 16.6. The van der Waals surface area contributed by atoms with Crippen molar-refractivity contribution in [3.8, 4) is 0 Å². The largest absolute Gasteiger partial charge is 0.416 e. The maximum atomic E-state index is 12.7. The summed E-state index contributed by atoms with van der Waals surface area (Å²) >= 11 is 11.0. The van der Waals surface area contributed by atoms with Gasteiger partial charge in [-0.1, -0.05) is 41.9 Å². The van der Waals surface area contributed by atoms with Gasteiger partial charge in [0.2, 0.25) is 0 Å². The Morgan fingerprint density at radius 1 is 1.09 bits per heavy atom. The van der Waals surface area contributed by atoms with Crippen LogP contribution < -0.4 is 10.6 Å². The average Bonchev–Trinajstić information content (AvgIpc) is 2.47. The molecular weight excluding hydrogens is 333 g/mol. The highest BCUT2D eigenvalue weighted by atomic mass is 35.5. The van der Waals surface area contributed by atoms with E-state index >= 15 is 0 Å². The Balaban J connectivity index is 2.02. The summed E-state index contributed by atoms with van der Waals surface area (Å²) < 4.78 is 38.1. The van der Waals surface area contributed by atoms with Gasteiger partial charge in [0, 0.05) is 6.54 Å². The maximum absolute atomic E-state index is 12.7. The summed E-state index contributed by atoms with van der Waals surface area (Å²) in [5.41, 5.74) is 0.328. The van der Waals surface area contributed by atoms with E-state index in [1.54, 1.807) is 0 Å². The smallest absolute Gasteiger partial charge is 0.358 e. The number of thiocarbonyl (C=S) groups is 1. The topological polar surface area (TPSA) is 24.1 Å². The lowest BCUT2D eigenvalue weighted by Gasteiger charge is -2.14. The molecule has 0 atom stereocenters. The second kappa shape index (κ2) is 6.98. The Labute approximate surface area is 136 Å². The molecule has 7 heteroatoms. The molecule has 2 rings (SSSR count). The fraction of sp³-hybridized carbons (Fsp3) is 0.133. The van der Waals surface area contributed by atoms with Gasteiger partial charge in [0.05, 0.1) is 16.3 Å². The van der Waals surface area contributed by atoms with Crippen molar-refractivity contribution in [1.82, 2.24) is 5.32 Å². The molecule has 2 N–H and O–H groups in total. The summed E-state index contributed by atoms with van der Waals surface area (Å²) in [5.74, 6) is 0. The Morgan fingerprint density at radius 3 is 2.41 bits per heavy atom. The predicted molar refractivity (Wildman–Crippen MR) is 86.0 cm³/mol. The summed E-state index contributed by atoms with van der Waals surface area (Å²) in [7, 11) is 0. The zero-order chi connectivity index (χ0) is 16.2. The van der Waals surface area contributed by atoms with Crippen LogP contribution in [0.4, 0.5) is 18.9 Å². The highest BCUT2D eigenvalue weighted by Crippen LogP contribution is 2.33. The molecule has 0 bridgehead atoms. The first-order valence-corrected chi connectivity index (χ1v) is 7.10. The van der Waals surface area contributed by atoms with E-state index < -0.39 is 11.7 Å². The molecule has 2 nitrogen and oxygen atoms in total. The van der Waals surface area contributed by atoms with Crippen molar-refractivity contribution >= 4 is 34.6 Å². The van der Waals surface area contributed by atoms with Gasteiger partial charge in [-0.25, -0.2) is 0 Å². The highest BCUT2D eigenvalue weighted by Gasteiger charge is 2.31. The SMILES string of the molecule is FC(F)(F)c1ccc(Cl)c(NC(=S)NCc2ccccc2)c1. The first-order chi connectivity index (χ1) is 10.4. The molecule has 2 aromatic rings. The van der Waals surface area contributed by atoms with Crippen molar-refractivity contribution in [2.45, 2.75) is 12.7 Å². The van der Waals surface area contributed by atoms with Gasteiger partial charge < -0.3 is 10.6 Å². The van der Waals surface area contributed by atoms with Gasteiger partial charge in [-0.3, -0.25) is 0 Å². The Morgan fingerprint density at radius 2 is 1.77 bits per heavy atom.